The normalized spacial score (nSPS) is 27.7. The van der Waals surface area contributed by atoms with Crippen LogP contribution in [-0.2, 0) is 9.59 Å². The number of amides is 1. The number of halogens is 1. The minimum absolute atomic E-state index is 0.0284. The summed E-state index contributed by atoms with van der Waals surface area (Å²) in [5, 5.41) is 9.65. The van der Waals surface area contributed by atoms with Gasteiger partial charge in [-0.3, -0.25) is 9.59 Å². The molecule has 0 radical (unpaired) electrons. The Labute approximate surface area is 128 Å². The van der Waals surface area contributed by atoms with Crippen LogP contribution in [0.2, 0.25) is 5.02 Å². The standard InChI is InChI=1S/C16H18ClNO3/c17-14-6-2-1-5-11(14)12-9-13(12)16(21)18-7-3-4-10(18)8-15(19)20/h1-2,5-6,10,12-13H,3-4,7-9H2,(H,19,20). The molecular weight excluding hydrogens is 290 g/mol. The van der Waals surface area contributed by atoms with Gasteiger partial charge in [-0.1, -0.05) is 29.8 Å². The van der Waals surface area contributed by atoms with Crippen LogP contribution in [0, 0.1) is 5.92 Å². The Morgan fingerprint density at radius 2 is 2.10 bits per heavy atom. The monoisotopic (exact) mass is 307 g/mol. The van der Waals surface area contributed by atoms with E-state index in [0.717, 1.165) is 24.8 Å². The molecule has 3 rings (SSSR count). The van der Waals surface area contributed by atoms with Crippen molar-refractivity contribution in [2.45, 2.75) is 37.6 Å². The summed E-state index contributed by atoms with van der Waals surface area (Å²) in [5.41, 5.74) is 1.03. The number of benzene rings is 1. The summed E-state index contributed by atoms with van der Waals surface area (Å²) >= 11 is 6.18. The van der Waals surface area contributed by atoms with Gasteiger partial charge in [0.15, 0.2) is 0 Å². The third-order valence-electron chi connectivity index (χ3n) is 4.48. The lowest BCUT2D eigenvalue weighted by Crippen LogP contribution is -2.38. The van der Waals surface area contributed by atoms with Gasteiger partial charge in [0.05, 0.1) is 6.42 Å². The highest BCUT2D eigenvalue weighted by Crippen LogP contribution is 2.51. The molecule has 1 N–H and O–H groups in total. The molecule has 21 heavy (non-hydrogen) atoms. The Balaban J connectivity index is 1.67. The van der Waals surface area contributed by atoms with Crippen molar-refractivity contribution >= 4 is 23.5 Å². The smallest absolute Gasteiger partial charge is 0.305 e. The number of carboxylic acids is 1. The highest BCUT2D eigenvalue weighted by molar-refractivity contribution is 6.31. The zero-order valence-corrected chi connectivity index (χ0v) is 12.4. The van der Waals surface area contributed by atoms with E-state index < -0.39 is 5.97 Å². The van der Waals surface area contributed by atoms with E-state index in [1.54, 1.807) is 4.90 Å². The van der Waals surface area contributed by atoms with Gasteiger partial charge in [-0.15, -0.1) is 0 Å². The summed E-state index contributed by atoms with van der Waals surface area (Å²) in [5.74, 6) is -0.571. The Bertz CT molecular complexity index is 574. The van der Waals surface area contributed by atoms with Crippen LogP contribution in [0.15, 0.2) is 24.3 Å². The number of nitrogens with zero attached hydrogens (tertiary/aromatic N) is 1. The number of hydrogen-bond donors (Lipinski definition) is 1. The Kier molecular flexibility index (Phi) is 3.89. The number of aliphatic carboxylic acids is 1. The Morgan fingerprint density at radius 3 is 2.81 bits per heavy atom. The lowest BCUT2D eigenvalue weighted by Gasteiger charge is -2.23. The van der Waals surface area contributed by atoms with Crippen LogP contribution in [-0.4, -0.2) is 34.5 Å². The molecule has 5 heteroatoms. The molecule has 1 aromatic rings. The summed E-state index contributed by atoms with van der Waals surface area (Å²) in [6.45, 7) is 0.683. The van der Waals surface area contributed by atoms with Crippen molar-refractivity contribution in [3.05, 3.63) is 34.9 Å². The van der Waals surface area contributed by atoms with Gasteiger partial charge in [0.1, 0.15) is 0 Å². The molecule has 112 valence electrons. The first-order chi connectivity index (χ1) is 10.1. The SMILES string of the molecule is O=C(O)CC1CCCN1C(=O)C1CC1c1ccccc1Cl. The molecule has 0 bridgehead atoms. The van der Waals surface area contributed by atoms with Crippen LogP contribution in [0.1, 0.15) is 37.2 Å². The quantitative estimate of drug-likeness (QED) is 0.930. The molecule has 1 amide bonds. The lowest BCUT2D eigenvalue weighted by molar-refractivity contribution is -0.140. The fraction of sp³-hybridized carbons (Fsp3) is 0.500. The summed E-state index contributed by atoms with van der Waals surface area (Å²) in [4.78, 5) is 25.2. The van der Waals surface area contributed by atoms with Crippen molar-refractivity contribution < 1.29 is 14.7 Å². The number of likely N-dealkylation sites (tertiary alicyclic amines) is 1. The van der Waals surface area contributed by atoms with E-state index in [0.29, 0.717) is 11.6 Å². The summed E-state index contributed by atoms with van der Waals surface area (Å²) in [6.07, 6.45) is 2.56. The van der Waals surface area contributed by atoms with E-state index >= 15 is 0 Å². The molecule has 3 atom stereocenters. The minimum atomic E-state index is -0.835. The van der Waals surface area contributed by atoms with Gasteiger partial charge in [-0.05, 0) is 36.8 Å². The van der Waals surface area contributed by atoms with Crippen molar-refractivity contribution in [2.24, 2.45) is 5.92 Å². The van der Waals surface area contributed by atoms with E-state index in [2.05, 4.69) is 0 Å². The van der Waals surface area contributed by atoms with Gasteiger partial charge >= 0.3 is 5.97 Å². The maximum atomic E-state index is 12.6. The first-order valence-electron chi connectivity index (χ1n) is 7.34. The van der Waals surface area contributed by atoms with E-state index in [-0.39, 0.29) is 30.2 Å². The van der Waals surface area contributed by atoms with Gasteiger partial charge in [0.25, 0.3) is 0 Å². The predicted molar refractivity (Wildman–Crippen MR) is 79.3 cm³/mol. The molecule has 1 saturated carbocycles. The summed E-state index contributed by atoms with van der Waals surface area (Å²) in [7, 11) is 0. The summed E-state index contributed by atoms with van der Waals surface area (Å²) in [6, 6.07) is 7.50. The first kappa shape index (κ1) is 14.4. The highest BCUT2D eigenvalue weighted by Gasteiger charge is 2.48. The predicted octanol–water partition coefficient (Wildman–Crippen LogP) is 2.91. The molecular formula is C16H18ClNO3. The van der Waals surface area contributed by atoms with Crippen LogP contribution in [0.4, 0.5) is 0 Å². The molecule has 1 saturated heterocycles. The molecule has 0 spiro atoms. The van der Waals surface area contributed by atoms with E-state index in [4.69, 9.17) is 16.7 Å². The van der Waals surface area contributed by atoms with Crippen molar-refractivity contribution in [1.29, 1.82) is 0 Å². The molecule has 1 heterocycles. The first-order valence-corrected chi connectivity index (χ1v) is 7.72. The second kappa shape index (κ2) is 5.68. The van der Waals surface area contributed by atoms with Gasteiger partial charge in [-0.2, -0.15) is 0 Å². The second-order valence-corrected chi connectivity index (χ2v) is 6.30. The molecule has 2 fully saturated rings. The molecule has 0 aromatic heterocycles. The molecule has 1 aromatic carbocycles. The van der Waals surface area contributed by atoms with Gasteiger partial charge in [0.2, 0.25) is 5.91 Å². The van der Waals surface area contributed by atoms with Gasteiger partial charge < -0.3 is 10.0 Å². The molecule has 2 aliphatic rings. The number of carboxylic acid groups (broad SMARTS) is 1. The minimum Gasteiger partial charge on any atom is -0.481 e. The van der Waals surface area contributed by atoms with Crippen LogP contribution in [0.5, 0.6) is 0 Å². The maximum absolute atomic E-state index is 12.6. The zero-order valence-electron chi connectivity index (χ0n) is 11.7. The number of carbonyl (C=O) groups excluding carboxylic acids is 1. The fourth-order valence-electron chi connectivity index (χ4n) is 3.34. The molecule has 3 unspecified atom stereocenters. The van der Waals surface area contributed by atoms with Gasteiger partial charge in [-0.25, -0.2) is 0 Å². The van der Waals surface area contributed by atoms with Crippen molar-refractivity contribution in [2.75, 3.05) is 6.54 Å². The Hall–Kier alpha value is -1.55. The highest BCUT2D eigenvalue weighted by atomic mass is 35.5. The number of hydrogen-bond acceptors (Lipinski definition) is 2. The topological polar surface area (TPSA) is 57.6 Å². The van der Waals surface area contributed by atoms with Crippen LogP contribution < -0.4 is 0 Å². The lowest BCUT2D eigenvalue weighted by atomic mass is 10.1. The molecule has 1 aliphatic carbocycles. The third kappa shape index (κ3) is 2.91. The summed E-state index contributed by atoms with van der Waals surface area (Å²) < 4.78 is 0. The largest absolute Gasteiger partial charge is 0.481 e. The average molecular weight is 308 g/mol. The van der Waals surface area contributed by atoms with Crippen molar-refractivity contribution in [1.82, 2.24) is 4.90 Å². The maximum Gasteiger partial charge on any atom is 0.305 e. The van der Waals surface area contributed by atoms with Gasteiger partial charge in [0, 0.05) is 23.5 Å². The van der Waals surface area contributed by atoms with Crippen LogP contribution in [0.3, 0.4) is 0 Å². The molecule has 4 nitrogen and oxygen atoms in total. The van der Waals surface area contributed by atoms with E-state index in [9.17, 15) is 9.59 Å². The zero-order chi connectivity index (χ0) is 15.0. The van der Waals surface area contributed by atoms with Crippen molar-refractivity contribution in [3.63, 3.8) is 0 Å². The van der Waals surface area contributed by atoms with Crippen LogP contribution in [0.25, 0.3) is 0 Å². The van der Waals surface area contributed by atoms with Crippen molar-refractivity contribution in [3.8, 4) is 0 Å². The number of carbonyl (C=O) groups is 2. The molecule has 1 aliphatic heterocycles. The Morgan fingerprint density at radius 1 is 1.33 bits per heavy atom. The number of rotatable bonds is 4. The second-order valence-electron chi connectivity index (χ2n) is 5.90. The van der Waals surface area contributed by atoms with Crippen LogP contribution >= 0.6 is 11.6 Å². The average Bonchev–Trinajstić information content (AvgIpc) is 3.10. The van der Waals surface area contributed by atoms with E-state index in [1.807, 2.05) is 24.3 Å². The fourth-order valence-corrected chi connectivity index (χ4v) is 3.62. The third-order valence-corrected chi connectivity index (χ3v) is 4.83. The van der Waals surface area contributed by atoms with E-state index in [1.165, 1.54) is 0 Å².